The van der Waals surface area contributed by atoms with Gasteiger partial charge in [0.05, 0.1) is 6.54 Å². The Hall–Kier alpha value is -1.32. The van der Waals surface area contributed by atoms with Crippen molar-refractivity contribution in [3.8, 4) is 0 Å². The van der Waals surface area contributed by atoms with Crippen LogP contribution in [0.2, 0.25) is 0 Å². The summed E-state index contributed by atoms with van der Waals surface area (Å²) in [7, 11) is 0. The minimum absolute atomic E-state index is 0.310. The predicted molar refractivity (Wildman–Crippen MR) is 74.9 cm³/mol. The van der Waals surface area contributed by atoms with Crippen molar-refractivity contribution in [2.45, 2.75) is 19.0 Å². The van der Waals surface area contributed by atoms with Gasteiger partial charge in [-0.05, 0) is 18.1 Å². The maximum Gasteiger partial charge on any atom is 0.0534 e. The lowest BCUT2D eigenvalue weighted by Gasteiger charge is -2.16. The van der Waals surface area contributed by atoms with Crippen LogP contribution < -0.4 is 5.32 Å². The zero-order chi connectivity index (χ0) is 12.6. The Morgan fingerprint density at radius 3 is 2.72 bits per heavy atom. The number of nitrogens with one attached hydrogen (secondary N) is 1. The number of hydrogen-bond acceptors (Lipinski definition) is 2. The second kappa shape index (κ2) is 7.19. The molecule has 0 radical (unpaired) electrons. The number of aromatic nitrogens is 2. The highest BCUT2D eigenvalue weighted by Crippen LogP contribution is 2.04. The largest absolute Gasteiger partial charge is 0.311 e. The van der Waals surface area contributed by atoms with Gasteiger partial charge in [-0.3, -0.25) is 4.68 Å². The van der Waals surface area contributed by atoms with Crippen LogP contribution in [-0.2, 0) is 13.0 Å². The van der Waals surface area contributed by atoms with Crippen LogP contribution >= 0.6 is 11.6 Å². The van der Waals surface area contributed by atoms with Gasteiger partial charge >= 0.3 is 0 Å². The zero-order valence-electron chi connectivity index (χ0n) is 10.3. The number of benzene rings is 1. The van der Waals surface area contributed by atoms with Crippen molar-refractivity contribution in [1.82, 2.24) is 15.1 Å². The first-order valence-corrected chi connectivity index (χ1v) is 6.72. The van der Waals surface area contributed by atoms with Crippen LogP contribution in [0.15, 0.2) is 48.8 Å². The van der Waals surface area contributed by atoms with E-state index < -0.39 is 0 Å². The maximum absolute atomic E-state index is 5.99. The molecular weight excluding hydrogens is 246 g/mol. The summed E-state index contributed by atoms with van der Waals surface area (Å²) in [5, 5.41) is 7.63. The van der Waals surface area contributed by atoms with Crippen LogP contribution in [0.1, 0.15) is 5.56 Å². The van der Waals surface area contributed by atoms with E-state index in [1.54, 1.807) is 6.20 Å². The summed E-state index contributed by atoms with van der Waals surface area (Å²) in [6, 6.07) is 12.7. The van der Waals surface area contributed by atoms with Crippen LogP contribution in [-0.4, -0.2) is 28.2 Å². The van der Waals surface area contributed by atoms with Crippen molar-refractivity contribution in [2.75, 3.05) is 12.4 Å². The molecular formula is C14H18ClN3. The summed E-state index contributed by atoms with van der Waals surface area (Å²) >= 11 is 5.99. The average molecular weight is 264 g/mol. The number of alkyl halides is 1. The minimum Gasteiger partial charge on any atom is -0.311 e. The summed E-state index contributed by atoms with van der Waals surface area (Å²) in [5.41, 5.74) is 1.31. The van der Waals surface area contributed by atoms with Gasteiger partial charge in [-0.25, -0.2) is 0 Å². The molecule has 0 fully saturated rings. The highest BCUT2D eigenvalue weighted by molar-refractivity contribution is 6.18. The Morgan fingerprint density at radius 2 is 2.06 bits per heavy atom. The molecule has 0 aliphatic rings. The van der Waals surface area contributed by atoms with E-state index in [0.717, 1.165) is 19.5 Å². The third-order valence-corrected chi connectivity index (χ3v) is 3.22. The molecule has 0 aliphatic carbocycles. The van der Waals surface area contributed by atoms with E-state index in [2.05, 4.69) is 34.7 Å². The molecule has 0 bridgehead atoms. The van der Waals surface area contributed by atoms with Gasteiger partial charge < -0.3 is 5.32 Å². The molecule has 2 rings (SSSR count). The van der Waals surface area contributed by atoms with Crippen molar-refractivity contribution in [3.63, 3.8) is 0 Å². The first-order valence-electron chi connectivity index (χ1n) is 6.19. The SMILES string of the molecule is ClCC(Cc1ccccc1)NCCn1cccn1. The Bertz CT molecular complexity index is 428. The second-order valence-electron chi connectivity index (χ2n) is 4.26. The third-order valence-electron chi connectivity index (χ3n) is 2.84. The van der Waals surface area contributed by atoms with E-state index in [9.17, 15) is 0 Å². The molecule has 0 saturated carbocycles. The molecule has 4 heteroatoms. The summed E-state index contributed by atoms with van der Waals surface area (Å²) in [4.78, 5) is 0. The zero-order valence-corrected chi connectivity index (χ0v) is 11.1. The van der Waals surface area contributed by atoms with Gasteiger partial charge in [-0.15, -0.1) is 11.6 Å². The monoisotopic (exact) mass is 263 g/mol. The lowest BCUT2D eigenvalue weighted by Crippen LogP contribution is -2.35. The average Bonchev–Trinajstić information content (AvgIpc) is 2.92. The predicted octanol–water partition coefficient (Wildman–Crippen LogP) is 2.32. The van der Waals surface area contributed by atoms with E-state index in [1.165, 1.54) is 5.56 Å². The van der Waals surface area contributed by atoms with Crippen molar-refractivity contribution < 1.29 is 0 Å². The molecule has 1 atom stereocenters. The highest BCUT2D eigenvalue weighted by atomic mass is 35.5. The molecule has 2 aromatic rings. The van der Waals surface area contributed by atoms with E-state index >= 15 is 0 Å². The lowest BCUT2D eigenvalue weighted by molar-refractivity contribution is 0.496. The standard InChI is InChI=1S/C14H18ClN3/c15-12-14(11-13-5-2-1-3-6-13)16-8-10-18-9-4-7-17-18/h1-7,9,14,16H,8,10-12H2. The highest BCUT2D eigenvalue weighted by Gasteiger charge is 2.07. The van der Waals surface area contributed by atoms with E-state index in [0.29, 0.717) is 11.9 Å². The molecule has 3 nitrogen and oxygen atoms in total. The Labute approximate surface area is 113 Å². The fourth-order valence-corrected chi connectivity index (χ4v) is 2.11. The fourth-order valence-electron chi connectivity index (χ4n) is 1.90. The van der Waals surface area contributed by atoms with Gasteiger partial charge in [0.2, 0.25) is 0 Å². The van der Waals surface area contributed by atoms with Crippen LogP contribution in [0.4, 0.5) is 0 Å². The third kappa shape index (κ3) is 4.17. The number of halogens is 1. The molecule has 0 saturated heterocycles. The minimum atomic E-state index is 0.310. The molecule has 0 amide bonds. The van der Waals surface area contributed by atoms with Crippen molar-refractivity contribution >= 4 is 11.6 Å². The molecule has 1 unspecified atom stereocenters. The molecule has 1 aromatic carbocycles. The molecule has 0 spiro atoms. The van der Waals surface area contributed by atoms with Gasteiger partial charge in [-0.1, -0.05) is 30.3 Å². The smallest absolute Gasteiger partial charge is 0.0534 e. The number of hydrogen-bond donors (Lipinski definition) is 1. The van der Waals surface area contributed by atoms with Gasteiger partial charge in [0.15, 0.2) is 0 Å². The Kier molecular flexibility index (Phi) is 5.24. The maximum atomic E-state index is 5.99. The van der Waals surface area contributed by atoms with E-state index in [-0.39, 0.29) is 0 Å². The normalized spacial score (nSPS) is 12.5. The Balaban J connectivity index is 1.75. The topological polar surface area (TPSA) is 29.9 Å². The van der Waals surface area contributed by atoms with Crippen molar-refractivity contribution in [2.24, 2.45) is 0 Å². The summed E-state index contributed by atoms with van der Waals surface area (Å²) in [5.74, 6) is 0.619. The van der Waals surface area contributed by atoms with Crippen LogP contribution in [0.5, 0.6) is 0 Å². The molecule has 1 heterocycles. The molecule has 96 valence electrons. The second-order valence-corrected chi connectivity index (χ2v) is 4.57. The van der Waals surface area contributed by atoms with E-state index in [1.807, 2.05) is 23.0 Å². The summed E-state index contributed by atoms with van der Waals surface area (Å²) in [6.07, 6.45) is 4.72. The first kappa shape index (κ1) is 13.1. The van der Waals surface area contributed by atoms with Gasteiger partial charge in [0.25, 0.3) is 0 Å². The quantitative estimate of drug-likeness (QED) is 0.777. The van der Waals surface area contributed by atoms with Crippen LogP contribution in [0.25, 0.3) is 0 Å². The molecule has 1 aromatic heterocycles. The molecule has 18 heavy (non-hydrogen) atoms. The van der Waals surface area contributed by atoms with Crippen molar-refractivity contribution in [3.05, 3.63) is 54.4 Å². The van der Waals surface area contributed by atoms with Gasteiger partial charge in [-0.2, -0.15) is 5.10 Å². The first-order chi connectivity index (χ1) is 8.88. The van der Waals surface area contributed by atoms with Gasteiger partial charge in [0, 0.05) is 30.9 Å². The fraction of sp³-hybridized carbons (Fsp3) is 0.357. The Morgan fingerprint density at radius 1 is 1.22 bits per heavy atom. The number of rotatable bonds is 7. The molecule has 0 aliphatic heterocycles. The summed E-state index contributed by atoms with van der Waals surface area (Å²) in [6.45, 7) is 1.75. The van der Waals surface area contributed by atoms with Gasteiger partial charge in [0.1, 0.15) is 0 Å². The van der Waals surface area contributed by atoms with E-state index in [4.69, 9.17) is 11.6 Å². The number of nitrogens with zero attached hydrogens (tertiary/aromatic N) is 2. The van der Waals surface area contributed by atoms with Crippen LogP contribution in [0, 0.1) is 0 Å². The van der Waals surface area contributed by atoms with Crippen molar-refractivity contribution in [1.29, 1.82) is 0 Å². The summed E-state index contributed by atoms with van der Waals surface area (Å²) < 4.78 is 1.92. The van der Waals surface area contributed by atoms with Crippen LogP contribution in [0.3, 0.4) is 0 Å². The molecule has 1 N–H and O–H groups in total. The lowest BCUT2D eigenvalue weighted by atomic mass is 10.1.